The van der Waals surface area contributed by atoms with E-state index in [2.05, 4.69) is 10.1 Å². The van der Waals surface area contributed by atoms with E-state index in [0.717, 1.165) is 15.3 Å². The van der Waals surface area contributed by atoms with E-state index in [1.807, 2.05) is 0 Å². The molecule has 1 aliphatic rings. The van der Waals surface area contributed by atoms with Gasteiger partial charge in [0.15, 0.2) is 6.23 Å². The number of hydrogen-bond acceptors (Lipinski definition) is 5. The van der Waals surface area contributed by atoms with E-state index in [4.69, 9.17) is 9.84 Å². The first-order chi connectivity index (χ1) is 13.7. The minimum atomic E-state index is -4.64. The molecule has 0 radical (unpaired) electrons. The van der Waals surface area contributed by atoms with Crippen LogP contribution < -0.4 is 5.69 Å². The number of aryl methyl sites for hydroxylation is 1. The molecule has 1 aromatic carbocycles. The van der Waals surface area contributed by atoms with Gasteiger partial charge >= 0.3 is 18.0 Å². The molecule has 1 unspecified atom stereocenters. The first kappa shape index (κ1) is 19.0. The van der Waals surface area contributed by atoms with Gasteiger partial charge in [0.2, 0.25) is 0 Å². The highest BCUT2D eigenvalue weighted by Crippen LogP contribution is 2.31. The van der Waals surface area contributed by atoms with E-state index in [1.165, 1.54) is 6.07 Å². The summed E-state index contributed by atoms with van der Waals surface area (Å²) in [5.41, 5.74) is -1.31. The molecule has 1 atom stereocenters. The Hall–Kier alpha value is -3.37. The van der Waals surface area contributed by atoms with Crippen LogP contribution in [-0.2, 0) is 23.9 Å². The molecule has 8 nitrogen and oxygen atoms in total. The van der Waals surface area contributed by atoms with Crippen LogP contribution >= 0.6 is 0 Å². The number of rotatable bonds is 3. The second-order valence-electron chi connectivity index (χ2n) is 6.64. The average molecular weight is 408 g/mol. The standard InChI is InChI=1S/C18H15F3N4O4/c19-18(20,21)13-8-10(11-4-1-2-5-12(11)22-13)9-24-16(26)25-14(23-24)6-3-7-15(25)29-17(27)28/h1-2,4-5,8,15H,3,6-7,9H2,(H,27,28). The zero-order valence-corrected chi connectivity index (χ0v) is 14.9. The van der Waals surface area contributed by atoms with Crippen molar-refractivity contribution in [1.29, 1.82) is 0 Å². The number of benzene rings is 1. The summed E-state index contributed by atoms with van der Waals surface area (Å²) in [5.74, 6) is 0.335. The molecule has 0 saturated carbocycles. The van der Waals surface area contributed by atoms with Gasteiger partial charge in [0.25, 0.3) is 0 Å². The topological polar surface area (TPSA) is 99.2 Å². The van der Waals surface area contributed by atoms with Crippen molar-refractivity contribution in [2.75, 3.05) is 0 Å². The van der Waals surface area contributed by atoms with Gasteiger partial charge in [-0.05, 0) is 24.1 Å². The fraction of sp³-hybridized carbons (Fsp3) is 0.333. The Labute approximate surface area is 161 Å². The highest BCUT2D eigenvalue weighted by atomic mass is 19.4. The third-order valence-corrected chi connectivity index (χ3v) is 4.73. The molecule has 29 heavy (non-hydrogen) atoms. The summed E-state index contributed by atoms with van der Waals surface area (Å²) in [5, 5.41) is 13.5. The highest BCUT2D eigenvalue weighted by molar-refractivity contribution is 5.82. The maximum atomic E-state index is 13.2. The molecule has 0 amide bonds. The summed E-state index contributed by atoms with van der Waals surface area (Å²) >= 11 is 0. The minimum absolute atomic E-state index is 0.154. The van der Waals surface area contributed by atoms with E-state index in [-0.39, 0.29) is 17.6 Å². The van der Waals surface area contributed by atoms with Gasteiger partial charge in [-0.25, -0.2) is 23.8 Å². The van der Waals surface area contributed by atoms with Crippen molar-refractivity contribution in [2.24, 2.45) is 0 Å². The summed E-state index contributed by atoms with van der Waals surface area (Å²) in [4.78, 5) is 27.3. The SMILES string of the molecule is O=C(O)OC1CCCc2nn(Cc3cc(C(F)(F)F)nc4ccccc34)c(=O)n21. The summed E-state index contributed by atoms with van der Waals surface area (Å²) < 4.78 is 46.7. The molecule has 3 heterocycles. The lowest BCUT2D eigenvalue weighted by Gasteiger charge is -2.21. The predicted octanol–water partition coefficient (Wildman–Crippen LogP) is 3.19. The van der Waals surface area contributed by atoms with Crippen molar-refractivity contribution < 1.29 is 27.8 Å². The molecule has 1 N–H and O–H groups in total. The van der Waals surface area contributed by atoms with Gasteiger partial charge < -0.3 is 9.84 Å². The second kappa shape index (κ2) is 6.90. The number of alkyl halides is 3. The number of halogens is 3. The van der Waals surface area contributed by atoms with Gasteiger partial charge in [0.05, 0.1) is 12.1 Å². The van der Waals surface area contributed by atoms with Crippen molar-refractivity contribution in [1.82, 2.24) is 19.3 Å². The summed E-state index contributed by atoms with van der Waals surface area (Å²) in [6.45, 7) is -0.218. The second-order valence-corrected chi connectivity index (χ2v) is 6.64. The lowest BCUT2D eigenvalue weighted by molar-refractivity contribution is -0.141. The van der Waals surface area contributed by atoms with Crippen molar-refractivity contribution in [3.63, 3.8) is 0 Å². The van der Waals surface area contributed by atoms with Crippen LogP contribution in [0.25, 0.3) is 10.9 Å². The smallest absolute Gasteiger partial charge is 0.450 e. The van der Waals surface area contributed by atoms with E-state index >= 15 is 0 Å². The van der Waals surface area contributed by atoms with Crippen LogP contribution in [-0.4, -0.2) is 30.6 Å². The number of carboxylic acid groups (broad SMARTS) is 1. The van der Waals surface area contributed by atoms with Crippen molar-refractivity contribution in [3.8, 4) is 0 Å². The normalized spacial score (nSPS) is 16.6. The Kier molecular flexibility index (Phi) is 4.52. The Bertz CT molecular complexity index is 1150. The van der Waals surface area contributed by atoms with Gasteiger partial charge in [-0.2, -0.15) is 18.3 Å². The van der Waals surface area contributed by atoms with Crippen molar-refractivity contribution >= 4 is 17.1 Å². The zero-order chi connectivity index (χ0) is 20.8. The Morgan fingerprint density at radius 2 is 2.07 bits per heavy atom. The van der Waals surface area contributed by atoms with Crippen LogP contribution in [0, 0.1) is 0 Å². The first-order valence-corrected chi connectivity index (χ1v) is 8.77. The van der Waals surface area contributed by atoms with Gasteiger partial charge in [0.1, 0.15) is 11.5 Å². The largest absolute Gasteiger partial charge is 0.507 e. The number of carbonyl (C=O) groups is 1. The molecule has 1 aliphatic heterocycles. The average Bonchev–Trinajstić information content (AvgIpc) is 2.97. The maximum absolute atomic E-state index is 13.2. The zero-order valence-electron chi connectivity index (χ0n) is 14.9. The molecular weight excluding hydrogens is 393 g/mol. The highest BCUT2D eigenvalue weighted by Gasteiger charge is 2.34. The quantitative estimate of drug-likeness (QED) is 0.669. The molecule has 3 aromatic rings. The van der Waals surface area contributed by atoms with Crippen LogP contribution in [0.2, 0.25) is 0 Å². The summed E-state index contributed by atoms with van der Waals surface area (Å²) in [6.07, 6.45) is -5.83. The molecule has 0 bridgehead atoms. The molecule has 0 saturated heterocycles. The van der Waals surface area contributed by atoms with Crippen LogP contribution in [0.3, 0.4) is 0 Å². The monoisotopic (exact) mass is 408 g/mol. The Morgan fingerprint density at radius 1 is 1.31 bits per heavy atom. The lowest BCUT2D eigenvalue weighted by atomic mass is 10.1. The molecule has 4 rings (SSSR count). The third-order valence-electron chi connectivity index (χ3n) is 4.73. The predicted molar refractivity (Wildman–Crippen MR) is 93.4 cm³/mol. The fourth-order valence-electron chi connectivity index (χ4n) is 3.50. The summed E-state index contributed by atoms with van der Waals surface area (Å²) in [7, 11) is 0. The number of aromatic nitrogens is 4. The molecular formula is C18H15F3N4O4. The van der Waals surface area contributed by atoms with Gasteiger partial charge in [-0.15, -0.1) is 0 Å². The van der Waals surface area contributed by atoms with Crippen molar-refractivity contribution in [3.05, 3.63) is 57.9 Å². The van der Waals surface area contributed by atoms with Crippen LogP contribution in [0.4, 0.5) is 18.0 Å². The number of fused-ring (bicyclic) bond motifs is 2. The molecule has 11 heteroatoms. The van der Waals surface area contributed by atoms with E-state index < -0.39 is 29.9 Å². The molecule has 0 spiro atoms. The van der Waals surface area contributed by atoms with Crippen LogP contribution in [0.15, 0.2) is 35.1 Å². The van der Waals surface area contributed by atoms with E-state index in [9.17, 15) is 22.8 Å². The number of pyridine rings is 1. The molecule has 2 aromatic heterocycles. The fourth-order valence-corrected chi connectivity index (χ4v) is 3.50. The first-order valence-electron chi connectivity index (χ1n) is 8.77. The number of ether oxygens (including phenoxy) is 1. The van der Waals surface area contributed by atoms with Gasteiger partial charge in [-0.3, -0.25) is 0 Å². The number of hydrogen-bond donors (Lipinski definition) is 1. The molecule has 0 fully saturated rings. The third kappa shape index (κ3) is 3.55. The Balaban J connectivity index is 1.79. The van der Waals surface area contributed by atoms with E-state index in [0.29, 0.717) is 30.5 Å². The van der Waals surface area contributed by atoms with E-state index in [1.54, 1.807) is 18.2 Å². The molecule has 152 valence electrons. The Morgan fingerprint density at radius 3 is 2.79 bits per heavy atom. The van der Waals surface area contributed by atoms with Gasteiger partial charge in [0, 0.05) is 18.2 Å². The molecule has 0 aliphatic carbocycles. The van der Waals surface area contributed by atoms with Crippen LogP contribution in [0.1, 0.15) is 36.2 Å². The van der Waals surface area contributed by atoms with Crippen molar-refractivity contribution in [2.45, 2.75) is 38.2 Å². The lowest BCUT2D eigenvalue weighted by Crippen LogP contribution is -2.33. The van der Waals surface area contributed by atoms with Crippen LogP contribution in [0.5, 0.6) is 0 Å². The summed E-state index contributed by atoms with van der Waals surface area (Å²) in [6, 6.07) is 7.23. The number of para-hydroxylation sites is 1. The minimum Gasteiger partial charge on any atom is -0.450 e. The maximum Gasteiger partial charge on any atom is 0.507 e. The number of nitrogens with zero attached hydrogens (tertiary/aromatic N) is 4. The van der Waals surface area contributed by atoms with Gasteiger partial charge in [-0.1, -0.05) is 18.2 Å².